The van der Waals surface area contributed by atoms with Gasteiger partial charge in [-0.05, 0) is 17.3 Å². The van der Waals surface area contributed by atoms with E-state index in [1.165, 1.54) is 4.90 Å². The Morgan fingerprint density at radius 2 is 1.78 bits per heavy atom. The second-order valence-electron chi connectivity index (χ2n) is 5.51. The normalized spacial score (nSPS) is 28.8. The van der Waals surface area contributed by atoms with E-state index in [0.717, 1.165) is 0 Å². The van der Waals surface area contributed by atoms with E-state index in [1.54, 1.807) is 5.32 Å². The lowest BCUT2D eigenvalue weighted by Gasteiger charge is -2.22. The van der Waals surface area contributed by atoms with Crippen LogP contribution in [0.4, 0.5) is 13.2 Å². The van der Waals surface area contributed by atoms with Crippen molar-refractivity contribution in [2.24, 2.45) is 17.3 Å². The molecule has 0 aromatic heterocycles. The molecule has 0 aromatic rings. The van der Waals surface area contributed by atoms with Crippen LogP contribution in [-0.4, -0.2) is 42.5 Å². The van der Waals surface area contributed by atoms with Crippen molar-refractivity contribution in [1.29, 1.82) is 0 Å². The van der Waals surface area contributed by atoms with Crippen LogP contribution in [0.3, 0.4) is 0 Å². The minimum absolute atomic E-state index is 0.242. The van der Waals surface area contributed by atoms with Crippen molar-refractivity contribution in [2.45, 2.75) is 20.0 Å². The van der Waals surface area contributed by atoms with E-state index in [4.69, 9.17) is 0 Å². The number of nitrogens with zero attached hydrogens (tertiary/aromatic N) is 1. The summed E-state index contributed by atoms with van der Waals surface area (Å²) in [5.74, 6) is -1.63. The highest BCUT2D eigenvalue weighted by molar-refractivity contribution is 5.87. The highest BCUT2D eigenvalue weighted by Crippen LogP contribution is 2.61. The first-order valence-corrected chi connectivity index (χ1v) is 5.77. The van der Waals surface area contributed by atoms with Gasteiger partial charge in [-0.15, -0.1) is 0 Å². The summed E-state index contributed by atoms with van der Waals surface area (Å²) in [6.07, 6.45) is -4.94. The molecule has 0 aromatic carbocycles. The van der Waals surface area contributed by atoms with Crippen LogP contribution >= 0.6 is 0 Å². The SMILES string of the molecule is CC1(C)[C@@H]2CN(C(=O)CNC(=O)C(F)(F)F)C[C@@H]21. The highest BCUT2D eigenvalue weighted by Gasteiger charge is 2.62. The number of alkyl halides is 3. The molecule has 0 bridgehead atoms. The van der Waals surface area contributed by atoms with Gasteiger partial charge in [-0.25, -0.2) is 0 Å². The average molecular weight is 264 g/mol. The highest BCUT2D eigenvalue weighted by atomic mass is 19.4. The molecule has 2 atom stereocenters. The molecule has 1 aliphatic carbocycles. The predicted molar refractivity (Wildman–Crippen MR) is 56.4 cm³/mol. The minimum atomic E-state index is -4.94. The maximum Gasteiger partial charge on any atom is 0.471 e. The van der Waals surface area contributed by atoms with Gasteiger partial charge < -0.3 is 10.2 Å². The van der Waals surface area contributed by atoms with Gasteiger partial charge in [0.1, 0.15) is 0 Å². The van der Waals surface area contributed by atoms with E-state index in [9.17, 15) is 22.8 Å². The molecule has 1 saturated heterocycles. The van der Waals surface area contributed by atoms with Gasteiger partial charge in [-0.3, -0.25) is 9.59 Å². The van der Waals surface area contributed by atoms with Gasteiger partial charge in [0.25, 0.3) is 0 Å². The second-order valence-corrected chi connectivity index (χ2v) is 5.51. The summed E-state index contributed by atoms with van der Waals surface area (Å²) < 4.78 is 35.7. The third-order valence-electron chi connectivity index (χ3n) is 4.13. The minimum Gasteiger partial charge on any atom is -0.341 e. The molecular weight excluding hydrogens is 249 g/mol. The lowest BCUT2D eigenvalue weighted by atomic mass is 10.1. The zero-order valence-corrected chi connectivity index (χ0v) is 10.2. The summed E-state index contributed by atoms with van der Waals surface area (Å²) in [6, 6.07) is 0. The fourth-order valence-corrected chi connectivity index (χ4v) is 2.70. The number of hydrogen-bond donors (Lipinski definition) is 1. The van der Waals surface area contributed by atoms with Crippen LogP contribution in [0.1, 0.15) is 13.8 Å². The molecule has 1 aliphatic heterocycles. The van der Waals surface area contributed by atoms with Crippen molar-refractivity contribution in [3.63, 3.8) is 0 Å². The molecule has 2 fully saturated rings. The Kier molecular flexibility index (Phi) is 2.82. The topological polar surface area (TPSA) is 49.4 Å². The Morgan fingerprint density at radius 3 is 2.22 bits per heavy atom. The predicted octanol–water partition coefficient (Wildman–Crippen LogP) is 0.779. The van der Waals surface area contributed by atoms with Crippen LogP contribution < -0.4 is 5.32 Å². The van der Waals surface area contributed by atoms with Gasteiger partial charge >= 0.3 is 12.1 Å². The van der Waals surface area contributed by atoms with Gasteiger partial charge in [0, 0.05) is 13.1 Å². The molecule has 1 N–H and O–H groups in total. The first-order chi connectivity index (χ1) is 8.14. The summed E-state index contributed by atoms with van der Waals surface area (Å²) in [6.45, 7) is 4.82. The number of likely N-dealkylation sites (tertiary alicyclic amines) is 1. The number of amides is 2. The Labute approximate surface area is 103 Å². The molecule has 102 valence electrons. The standard InChI is InChI=1S/C11H15F3N2O2/c1-10(2)6-4-16(5-7(6)10)8(17)3-15-9(18)11(12,13)14/h6-7H,3-5H2,1-2H3,(H,15,18)/t6-,7+. The number of fused-ring (bicyclic) bond motifs is 1. The largest absolute Gasteiger partial charge is 0.471 e. The number of hydrogen-bond acceptors (Lipinski definition) is 2. The van der Waals surface area contributed by atoms with Crippen molar-refractivity contribution >= 4 is 11.8 Å². The Hall–Kier alpha value is -1.27. The molecule has 0 unspecified atom stereocenters. The summed E-state index contributed by atoms with van der Waals surface area (Å²) in [5.41, 5.74) is 0.242. The van der Waals surface area contributed by atoms with E-state index in [0.29, 0.717) is 24.9 Å². The molecule has 1 saturated carbocycles. The molecule has 4 nitrogen and oxygen atoms in total. The summed E-state index contributed by atoms with van der Waals surface area (Å²) >= 11 is 0. The maximum absolute atomic E-state index is 11.9. The van der Waals surface area contributed by atoms with Gasteiger partial charge in [0.15, 0.2) is 0 Å². The van der Waals surface area contributed by atoms with Crippen LogP contribution in [0.2, 0.25) is 0 Å². The van der Waals surface area contributed by atoms with E-state index >= 15 is 0 Å². The van der Waals surface area contributed by atoms with E-state index in [-0.39, 0.29) is 5.41 Å². The number of rotatable bonds is 2. The molecule has 1 heterocycles. The fraction of sp³-hybridized carbons (Fsp3) is 0.818. The monoisotopic (exact) mass is 264 g/mol. The first-order valence-electron chi connectivity index (χ1n) is 5.77. The molecule has 2 aliphatic rings. The number of carbonyl (C=O) groups excluding carboxylic acids is 2. The summed E-state index contributed by atoms with van der Waals surface area (Å²) in [4.78, 5) is 23.7. The van der Waals surface area contributed by atoms with Crippen molar-refractivity contribution in [3.05, 3.63) is 0 Å². The van der Waals surface area contributed by atoms with Crippen LogP contribution in [0, 0.1) is 17.3 Å². The molecule has 0 spiro atoms. The molecule has 7 heteroatoms. The zero-order chi connectivity index (χ0) is 13.7. The third kappa shape index (κ3) is 2.18. The molecule has 18 heavy (non-hydrogen) atoms. The number of piperidine rings is 1. The number of halogens is 3. The second kappa shape index (κ2) is 3.86. The summed E-state index contributed by atoms with van der Waals surface area (Å²) in [5, 5.41) is 1.59. The van der Waals surface area contributed by atoms with Crippen LogP contribution in [0.25, 0.3) is 0 Å². The van der Waals surface area contributed by atoms with Crippen molar-refractivity contribution in [2.75, 3.05) is 19.6 Å². The van der Waals surface area contributed by atoms with Crippen molar-refractivity contribution < 1.29 is 22.8 Å². The maximum atomic E-state index is 11.9. The van der Waals surface area contributed by atoms with Crippen molar-refractivity contribution in [1.82, 2.24) is 10.2 Å². The van der Waals surface area contributed by atoms with Gasteiger partial charge in [0.2, 0.25) is 5.91 Å². The quantitative estimate of drug-likeness (QED) is 0.801. The lowest BCUT2D eigenvalue weighted by molar-refractivity contribution is -0.174. The zero-order valence-electron chi connectivity index (χ0n) is 10.2. The Morgan fingerprint density at radius 1 is 1.28 bits per heavy atom. The molecule has 2 amide bonds. The Bertz CT molecular complexity index is 378. The molecule has 2 rings (SSSR count). The van der Waals surface area contributed by atoms with Crippen molar-refractivity contribution in [3.8, 4) is 0 Å². The number of nitrogens with one attached hydrogen (secondary N) is 1. The average Bonchev–Trinajstić information content (AvgIpc) is 2.68. The third-order valence-corrected chi connectivity index (χ3v) is 4.13. The Balaban J connectivity index is 1.77. The van der Waals surface area contributed by atoms with E-state index < -0.39 is 24.5 Å². The van der Waals surface area contributed by atoms with Crippen LogP contribution in [0.5, 0.6) is 0 Å². The number of carbonyl (C=O) groups is 2. The first kappa shape index (κ1) is 13.2. The van der Waals surface area contributed by atoms with Gasteiger partial charge in [0.05, 0.1) is 6.54 Å². The van der Waals surface area contributed by atoms with E-state index in [2.05, 4.69) is 13.8 Å². The molecular formula is C11H15F3N2O2. The van der Waals surface area contributed by atoms with Gasteiger partial charge in [-0.1, -0.05) is 13.8 Å². The van der Waals surface area contributed by atoms with Gasteiger partial charge in [-0.2, -0.15) is 13.2 Å². The smallest absolute Gasteiger partial charge is 0.341 e. The fourth-order valence-electron chi connectivity index (χ4n) is 2.70. The van der Waals surface area contributed by atoms with Crippen LogP contribution in [-0.2, 0) is 9.59 Å². The van der Waals surface area contributed by atoms with Crippen LogP contribution in [0.15, 0.2) is 0 Å². The van der Waals surface area contributed by atoms with E-state index in [1.807, 2.05) is 0 Å². The molecule has 0 radical (unpaired) electrons. The summed E-state index contributed by atoms with van der Waals surface area (Å²) in [7, 11) is 0. The lowest BCUT2D eigenvalue weighted by Crippen LogP contribution is -2.44.